The van der Waals surface area contributed by atoms with Crippen molar-refractivity contribution in [1.29, 1.82) is 0 Å². The molecule has 0 aromatic carbocycles. The Labute approximate surface area is 106 Å². The third-order valence-corrected chi connectivity index (χ3v) is 4.15. The Hall–Kier alpha value is -0.570. The van der Waals surface area contributed by atoms with E-state index in [9.17, 15) is 4.79 Å². The number of nitrogens with zero attached hydrogens (tertiary/aromatic N) is 1. The Morgan fingerprint density at radius 1 is 1.24 bits per heavy atom. The van der Waals surface area contributed by atoms with Gasteiger partial charge in [0.15, 0.2) is 0 Å². The molecule has 1 saturated heterocycles. The van der Waals surface area contributed by atoms with E-state index in [2.05, 4.69) is 44.8 Å². The zero-order valence-corrected chi connectivity index (χ0v) is 12.2. The second kappa shape index (κ2) is 5.85. The molecule has 1 aliphatic rings. The maximum absolute atomic E-state index is 12.3. The number of rotatable bonds is 5. The van der Waals surface area contributed by atoms with Crippen molar-refractivity contribution >= 4 is 5.91 Å². The highest BCUT2D eigenvalue weighted by Gasteiger charge is 2.41. The molecule has 1 amide bonds. The van der Waals surface area contributed by atoms with Gasteiger partial charge in [-0.15, -0.1) is 0 Å². The minimum atomic E-state index is -0.0285. The molecule has 3 nitrogen and oxygen atoms in total. The Bertz CT molecular complexity index is 261. The number of hydrogen-bond acceptors (Lipinski definition) is 2. The van der Waals surface area contributed by atoms with Crippen LogP contribution in [0.3, 0.4) is 0 Å². The van der Waals surface area contributed by atoms with Crippen molar-refractivity contribution in [2.45, 2.75) is 72.6 Å². The van der Waals surface area contributed by atoms with Gasteiger partial charge in [-0.05, 0) is 25.7 Å². The number of hydrogen-bond donors (Lipinski definition) is 1. The largest absolute Gasteiger partial charge is 0.323 e. The lowest BCUT2D eigenvalue weighted by Crippen LogP contribution is -2.48. The Balaban J connectivity index is 2.87. The van der Waals surface area contributed by atoms with Gasteiger partial charge in [-0.2, -0.15) is 0 Å². The Morgan fingerprint density at radius 2 is 1.76 bits per heavy atom. The van der Waals surface area contributed by atoms with Gasteiger partial charge in [0.2, 0.25) is 5.91 Å². The third kappa shape index (κ3) is 2.82. The molecule has 0 saturated carbocycles. The first-order valence-electron chi connectivity index (χ1n) is 7.02. The van der Waals surface area contributed by atoms with Crippen molar-refractivity contribution in [3.63, 3.8) is 0 Å². The second-order valence-electron chi connectivity index (χ2n) is 5.64. The number of amides is 1. The van der Waals surface area contributed by atoms with Gasteiger partial charge in [-0.3, -0.25) is 10.1 Å². The fraction of sp³-hybridized carbons (Fsp3) is 0.929. The molecule has 1 heterocycles. The zero-order valence-electron chi connectivity index (χ0n) is 12.2. The highest BCUT2D eigenvalue weighted by Crippen LogP contribution is 2.26. The first-order valence-corrected chi connectivity index (χ1v) is 7.02. The fourth-order valence-electron chi connectivity index (χ4n) is 2.93. The molecule has 3 heteroatoms. The van der Waals surface area contributed by atoms with Crippen LogP contribution in [0.4, 0.5) is 0 Å². The first-order chi connectivity index (χ1) is 7.93. The number of carbonyl (C=O) groups is 1. The normalized spacial score (nSPS) is 27.3. The van der Waals surface area contributed by atoms with Gasteiger partial charge in [0.25, 0.3) is 0 Å². The molecule has 0 radical (unpaired) electrons. The molecule has 3 atom stereocenters. The number of carbonyl (C=O) groups excluding carboxylic acids is 1. The van der Waals surface area contributed by atoms with Crippen LogP contribution >= 0.6 is 0 Å². The number of nitrogens with one attached hydrogen (secondary N) is 1. The SMILES string of the molecule is CCC(CC)C(C)N1C(=O)C(C)NC1C(C)C. The van der Waals surface area contributed by atoms with E-state index in [4.69, 9.17) is 0 Å². The average Bonchev–Trinajstić information content (AvgIpc) is 2.57. The summed E-state index contributed by atoms with van der Waals surface area (Å²) in [5, 5.41) is 3.41. The van der Waals surface area contributed by atoms with E-state index in [1.165, 1.54) is 0 Å². The fourth-order valence-corrected chi connectivity index (χ4v) is 2.93. The molecule has 1 rings (SSSR count). The van der Waals surface area contributed by atoms with Gasteiger partial charge in [-0.25, -0.2) is 0 Å². The molecule has 3 unspecified atom stereocenters. The lowest BCUT2D eigenvalue weighted by Gasteiger charge is -2.36. The minimum absolute atomic E-state index is 0.0285. The molecule has 1 aliphatic heterocycles. The maximum Gasteiger partial charge on any atom is 0.240 e. The molecule has 0 aromatic rings. The topological polar surface area (TPSA) is 32.3 Å². The summed E-state index contributed by atoms with van der Waals surface area (Å²) in [4.78, 5) is 14.4. The van der Waals surface area contributed by atoms with Crippen LogP contribution in [0.2, 0.25) is 0 Å². The molecule has 1 N–H and O–H groups in total. The summed E-state index contributed by atoms with van der Waals surface area (Å²) in [5.74, 6) is 1.33. The summed E-state index contributed by atoms with van der Waals surface area (Å²) >= 11 is 0. The van der Waals surface area contributed by atoms with Crippen molar-refractivity contribution in [3.8, 4) is 0 Å². The summed E-state index contributed by atoms with van der Waals surface area (Å²) < 4.78 is 0. The predicted molar refractivity (Wildman–Crippen MR) is 71.6 cm³/mol. The van der Waals surface area contributed by atoms with Crippen LogP contribution in [0.1, 0.15) is 54.4 Å². The molecular formula is C14H28N2O. The summed E-state index contributed by atoms with van der Waals surface area (Å²) in [7, 11) is 0. The van der Waals surface area contributed by atoms with E-state index >= 15 is 0 Å². The Morgan fingerprint density at radius 3 is 2.18 bits per heavy atom. The van der Waals surface area contributed by atoms with Crippen LogP contribution in [0.5, 0.6) is 0 Å². The lowest BCUT2D eigenvalue weighted by molar-refractivity contribution is -0.133. The van der Waals surface area contributed by atoms with Crippen molar-refractivity contribution < 1.29 is 4.79 Å². The molecule has 100 valence electrons. The van der Waals surface area contributed by atoms with Gasteiger partial charge >= 0.3 is 0 Å². The van der Waals surface area contributed by atoms with Crippen LogP contribution in [0.15, 0.2) is 0 Å². The van der Waals surface area contributed by atoms with Crippen molar-refractivity contribution in [3.05, 3.63) is 0 Å². The van der Waals surface area contributed by atoms with Gasteiger partial charge in [0.05, 0.1) is 12.2 Å². The van der Waals surface area contributed by atoms with E-state index in [1.807, 2.05) is 6.92 Å². The van der Waals surface area contributed by atoms with Crippen LogP contribution in [-0.4, -0.2) is 29.1 Å². The monoisotopic (exact) mass is 240 g/mol. The van der Waals surface area contributed by atoms with E-state index < -0.39 is 0 Å². The molecule has 17 heavy (non-hydrogen) atoms. The summed E-state index contributed by atoms with van der Waals surface area (Å²) in [5.41, 5.74) is 0. The lowest BCUT2D eigenvalue weighted by atomic mass is 9.93. The predicted octanol–water partition coefficient (Wildman–Crippen LogP) is 2.61. The van der Waals surface area contributed by atoms with Crippen molar-refractivity contribution in [2.24, 2.45) is 11.8 Å². The Kier molecular flexibility index (Phi) is 4.99. The molecular weight excluding hydrogens is 212 g/mol. The van der Waals surface area contributed by atoms with Crippen LogP contribution in [0.25, 0.3) is 0 Å². The maximum atomic E-state index is 12.3. The van der Waals surface area contributed by atoms with Crippen molar-refractivity contribution in [1.82, 2.24) is 10.2 Å². The second-order valence-corrected chi connectivity index (χ2v) is 5.64. The quantitative estimate of drug-likeness (QED) is 0.801. The average molecular weight is 240 g/mol. The molecule has 0 aromatic heterocycles. The van der Waals surface area contributed by atoms with Crippen LogP contribution in [-0.2, 0) is 4.79 Å². The molecule has 0 spiro atoms. The van der Waals surface area contributed by atoms with Crippen LogP contribution < -0.4 is 5.32 Å². The van der Waals surface area contributed by atoms with Crippen LogP contribution in [0, 0.1) is 11.8 Å². The highest BCUT2D eigenvalue weighted by molar-refractivity contribution is 5.84. The summed E-state index contributed by atoms with van der Waals surface area (Å²) in [6, 6.07) is 0.307. The standard InChI is InChI=1S/C14H28N2O/c1-7-12(8-2)11(6)16-13(9(3)4)15-10(5)14(16)17/h9-13,15H,7-8H2,1-6H3. The summed E-state index contributed by atoms with van der Waals surface area (Å²) in [6.45, 7) is 13.0. The smallest absolute Gasteiger partial charge is 0.240 e. The van der Waals surface area contributed by atoms with E-state index in [0.717, 1.165) is 12.8 Å². The highest BCUT2D eigenvalue weighted by atomic mass is 16.2. The van der Waals surface area contributed by atoms with Gasteiger partial charge < -0.3 is 4.90 Å². The minimum Gasteiger partial charge on any atom is -0.323 e. The molecule has 0 aliphatic carbocycles. The van der Waals surface area contributed by atoms with Gasteiger partial charge in [-0.1, -0.05) is 40.5 Å². The van der Waals surface area contributed by atoms with E-state index in [-0.39, 0.29) is 18.1 Å². The van der Waals surface area contributed by atoms with Gasteiger partial charge in [0.1, 0.15) is 0 Å². The van der Waals surface area contributed by atoms with Gasteiger partial charge in [0, 0.05) is 6.04 Å². The van der Waals surface area contributed by atoms with Crippen molar-refractivity contribution in [2.75, 3.05) is 0 Å². The molecule has 0 bridgehead atoms. The third-order valence-electron chi connectivity index (χ3n) is 4.15. The summed E-state index contributed by atoms with van der Waals surface area (Å²) in [6.07, 6.45) is 2.48. The zero-order chi connectivity index (χ0) is 13.2. The van der Waals surface area contributed by atoms with E-state index in [1.54, 1.807) is 0 Å². The van der Waals surface area contributed by atoms with E-state index in [0.29, 0.717) is 17.9 Å². The molecule has 1 fully saturated rings. The first kappa shape index (κ1) is 14.5.